The summed E-state index contributed by atoms with van der Waals surface area (Å²) in [6, 6.07) is 21.9. The van der Waals surface area contributed by atoms with Crippen LogP contribution in [0.3, 0.4) is 0 Å². The SMILES string of the molecule is O=C(Nc1cc(C(F)(F)F)ccc1Cl)c1cc(-c2ccc(-c3ccccc3Cl)o2)nc2ccccc12. The summed E-state index contributed by atoms with van der Waals surface area (Å²) >= 11 is 12.4. The molecule has 0 unspecified atom stereocenters. The quantitative estimate of drug-likeness (QED) is 0.254. The lowest BCUT2D eigenvalue weighted by molar-refractivity contribution is -0.137. The van der Waals surface area contributed by atoms with Crippen LogP contribution in [-0.2, 0) is 6.18 Å². The van der Waals surface area contributed by atoms with Crippen LogP contribution in [0.1, 0.15) is 15.9 Å². The predicted molar refractivity (Wildman–Crippen MR) is 134 cm³/mol. The Morgan fingerprint density at radius 3 is 2.33 bits per heavy atom. The van der Waals surface area contributed by atoms with Crippen LogP contribution in [-0.4, -0.2) is 10.9 Å². The molecular formula is C27H15Cl2F3N2O2. The summed E-state index contributed by atoms with van der Waals surface area (Å²) in [4.78, 5) is 17.9. The molecule has 36 heavy (non-hydrogen) atoms. The largest absolute Gasteiger partial charge is 0.454 e. The average molecular weight is 527 g/mol. The maximum absolute atomic E-state index is 13.3. The number of furan rings is 1. The van der Waals surface area contributed by atoms with Gasteiger partial charge < -0.3 is 9.73 Å². The molecule has 1 amide bonds. The molecule has 5 aromatic rings. The fraction of sp³-hybridized carbons (Fsp3) is 0.0370. The van der Waals surface area contributed by atoms with Crippen LogP contribution >= 0.6 is 23.2 Å². The van der Waals surface area contributed by atoms with E-state index >= 15 is 0 Å². The van der Waals surface area contributed by atoms with Gasteiger partial charge in [0.05, 0.1) is 32.4 Å². The number of hydrogen-bond acceptors (Lipinski definition) is 3. The first-order chi connectivity index (χ1) is 17.2. The molecular weight excluding hydrogens is 512 g/mol. The highest BCUT2D eigenvalue weighted by Crippen LogP contribution is 2.36. The van der Waals surface area contributed by atoms with Crippen molar-refractivity contribution in [3.63, 3.8) is 0 Å². The lowest BCUT2D eigenvalue weighted by Gasteiger charge is -2.13. The number of fused-ring (bicyclic) bond motifs is 1. The summed E-state index contributed by atoms with van der Waals surface area (Å²) in [5, 5.41) is 3.51. The lowest BCUT2D eigenvalue weighted by Crippen LogP contribution is -2.14. The van der Waals surface area contributed by atoms with Crippen molar-refractivity contribution < 1.29 is 22.4 Å². The number of para-hydroxylation sites is 1. The fourth-order valence-corrected chi connectivity index (χ4v) is 4.15. The van der Waals surface area contributed by atoms with E-state index in [4.69, 9.17) is 27.6 Å². The normalized spacial score (nSPS) is 11.6. The van der Waals surface area contributed by atoms with E-state index in [1.54, 1.807) is 42.5 Å². The molecule has 0 aliphatic carbocycles. The summed E-state index contributed by atoms with van der Waals surface area (Å²) in [6.45, 7) is 0. The van der Waals surface area contributed by atoms with Gasteiger partial charge in [0.25, 0.3) is 5.91 Å². The number of nitrogens with zero attached hydrogens (tertiary/aromatic N) is 1. The van der Waals surface area contributed by atoms with Gasteiger partial charge in [0.2, 0.25) is 0 Å². The number of aromatic nitrogens is 1. The minimum atomic E-state index is -4.58. The maximum atomic E-state index is 13.3. The Morgan fingerprint density at radius 2 is 1.56 bits per heavy atom. The van der Waals surface area contributed by atoms with E-state index in [0.717, 1.165) is 18.2 Å². The molecule has 4 nitrogen and oxygen atoms in total. The molecule has 180 valence electrons. The van der Waals surface area contributed by atoms with Gasteiger partial charge in [-0.1, -0.05) is 53.5 Å². The van der Waals surface area contributed by atoms with Crippen molar-refractivity contribution in [2.24, 2.45) is 0 Å². The van der Waals surface area contributed by atoms with E-state index in [2.05, 4.69) is 10.3 Å². The number of amides is 1. The highest BCUT2D eigenvalue weighted by molar-refractivity contribution is 6.34. The summed E-state index contributed by atoms with van der Waals surface area (Å²) < 4.78 is 45.5. The molecule has 2 heterocycles. The zero-order chi connectivity index (χ0) is 25.4. The Labute approximate surface area is 213 Å². The standard InChI is InChI=1S/C27H15Cl2F3N2O2/c28-19-7-3-1-6-17(19)24-11-12-25(36-24)23-14-18(16-5-2-4-8-21(16)33-23)26(35)34-22-13-15(27(30,31)32)9-10-20(22)29/h1-14H,(H,34,35). The van der Waals surface area contributed by atoms with E-state index in [9.17, 15) is 18.0 Å². The van der Waals surface area contributed by atoms with Crippen molar-refractivity contribution in [3.05, 3.63) is 106 Å². The zero-order valence-electron chi connectivity index (χ0n) is 18.2. The Morgan fingerprint density at radius 1 is 0.833 bits per heavy atom. The minimum absolute atomic E-state index is 0.0228. The van der Waals surface area contributed by atoms with Gasteiger partial charge >= 0.3 is 6.18 Å². The van der Waals surface area contributed by atoms with Crippen LogP contribution in [0.25, 0.3) is 33.7 Å². The number of carbonyl (C=O) groups excluding carboxylic acids is 1. The van der Waals surface area contributed by atoms with Crippen LogP contribution in [0, 0.1) is 0 Å². The molecule has 5 rings (SSSR count). The van der Waals surface area contributed by atoms with Crippen molar-refractivity contribution in [2.45, 2.75) is 6.18 Å². The van der Waals surface area contributed by atoms with E-state index in [-0.39, 0.29) is 16.3 Å². The first-order valence-corrected chi connectivity index (χ1v) is 11.4. The van der Waals surface area contributed by atoms with Crippen molar-refractivity contribution in [1.29, 1.82) is 0 Å². The minimum Gasteiger partial charge on any atom is -0.454 e. The van der Waals surface area contributed by atoms with Gasteiger partial charge in [0, 0.05) is 10.9 Å². The molecule has 2 aromatic heterocycles. The van der Waals surface area contributed by atoms with Gasteiger partial charge in [-0.15, -0.1) is 0 Å². The van der Waals surface area contributed by atoms with Crippen molar-refractivity contribution >= 4 is 45.7 Å². The monoisotopic (exact) mass is 526 g/mol. The van der Waals surface area contributed by atoms with Crippen molar-refractivity contribution in [1.82, 2.24) is 4.98 Å². The number of rotatable bonds is 4. The molecule has 1 N–H and O–H groups in total. The molecule has 0 saturated carbocycles. The van der Waals surface area contributed by atoms with Crippen LogP contribution < -0.4 is 5.32 Å². The van der Waals surface area contributed by atoms with Crippen molar-refractivity contribution in [3.8, 4) is 22.8 Å². The number of nitrogens with one attached hydrogen (secondary N) is 1. The second-order valence-corrected chi connectivity index (χ2v) is 8.68. The number of carbonyl (C=O) groups is 1. The average Bonchev–Trinajstić information content (AvgIpc) is 3.34. The smallest absolute Gasteiger partial charge is 0.416 e. The van der Waals surface area contributed by atoms with E-state index < -0.39 is 17.6 Å². The third-order valence-electron chi connectivity index (χ3n) is 5.50. The highest BCUT2D eigenvalue weighted by atomic mass is 35.5. The Hall–Kier alpha value is -3.81. The molecule has 3 aromatic carbocycles. The predicted octanol–water partition coefficient (Wildman–Crippen LogP) is 8.74. The second-order valence-electron chi connectivity index (χ2n) is 7.86. The number of alkyl halides is 3. The molecule has 0 aliphatic rings. The number of benzene rings is 3. The molecule has 9 heteroatoms. The number of pyridine rings is 1. The molecule has 0 fully saturated rings. The molecule has 0 radical (unpaired) electrons. The number of anilines is 1. The molecule has 0 saturated heterocycles. The van der Waals surface area contributed by atoms with E-state index in [0.29, 0.717) is 38.7 Å². The third kappa shape index (κ3) is 4.67. The van der Waals surface area contributed by atoms with Gasteiger partial charge in [0.15, 0.2) is 5.76 Å². The second kappa shape index (κ2) is 9.33. The fourth-order valence-electron chi connectivity index (χ4n) is 3.76. The van der Waals surface area contributed by atoms with Gasteiger partial charge in [-0.05, 0) is 54.6 Å². The molecule has 0 aliphatic heterocycles. The first-order valence-electron chi connectivity index (χ1n) is 10.6. The first kappa shape index (κ1) is 23.9. The van der Waals surface area contributed by atoms with Crippen LogP contribution in [0.2, 0.25) is 10.0 Å². The molecule has 0 spiro atoms. The van der Waals surface area contributed by atoms with Crippen LogP contribution in [0.4, 0.5) is 18.9 Å². The number of halogens is 5. The van der Waals surface area contributed by atoms with Gasteiger partial charge in [-0.2, -0.15) is 13.2 Å². The summed E-state index contributed by atoms with van der Waals surface area (Å²) in [6.07, 6.45) is -4.58. The van der Waals surface area contributed by atoms with Gasteiger partial charge in [-0.25, -0.2) is 4.98 Å². The third-order valence-corrected chi connectivity index (χ3v) is 6.16. The topological polar surface area (TPSA) is 55.1 Å². The summed E-state index contributed by atoms with van der Waals surface area (Å²) in [5.74, 6) is 0.267. The Kier molecular flexibility index (Phi) is 6.20. The van der Waals surface area contributed by atoms with Gasteiger partial charge in [-0.3, -0.25) is 4.79 Å². The Balaban J connectivity index is 1.56. The zero-order valence-corrected chi connectivity index (χ0v) is 19.7. The maximum Gasteiger partial charge on any atom is 0.416 e. The highest BCUT2D eigenvalue weighted by Gasteiger charge is 2.31. The van der Waals surface area contributed by atoms with Crippen LogP contribution in [0.15, 0.2) is 89.3 Å². The van der Waals surface area contributed by atoms with E-state index in [1.165, 1.54) is 6.07 Å². The lowest BCUT2D eigenvalue weighted by atomic mass is 10.1. The Bertz CT molecular complexity index is 1610. The summed E-state index contributed by atoms with van der Waals surface area (Å²) in [5.41, 5.74) is 0.685. The van der Waals surface area contributed by atoms with Gasteiger partial charge in [0.1, 0.15) is 11.5 Å². The van der Waals surface area contributed by atoms with Crippen molar-refractivity contribution in [2.75, 3.05) is 5.32 Å². The summed E-state index contributed by atoms with van der Waals surface area (Å²) in [7, 11) is 0. The molecule has 0 bridgehead atoms. The van der Waals surface area contributed by atoms with Crippen LogP contribution in [0.5, 0.6) is 0 Å². The molecule has 0 atom stereocenters. The van der Waals surface area contributed by atoms with E-state index in [1.807, 2.05) is 18.2 Å². The number of hydrogen-bond donors (Lipinski definition) is 1.